The quantitative estimate of drug-likeness (QED) is 0.725. The van der Waals surface area contributed by atoms with Gasteiger partial charge in [0, 0.05) is 24.4 Å². The van der Waals surface area contributed by atoms with E-state index >= 15 is 0 Å². The molecule has 0 aliphatic carbocycles. The lowest BCUT2D eigenvalue weighted by Gasteiger charge is -2.06. The van der Waals surface area contributed by atoms with Gasteiger partial charge in [-0.2, -0.15) is 0 Å². The van der Waals surface area contributed by atoms with E-state index in [0.717, 1.165) is 5.56 Å². The first-order valence-electron chi connectivity index (χ1n) is 7.68. The highest BCUT2D eigenvalue weighted by Crippen LogP contribution is 2.19. The second-order valence-corrected chi connectivity index (χ2v) is 5.36. The minimum absolute atomic E-state index is 0.337. The number of imidazole rings is 1. The minimum atomic E-state index is -0.361. The monoisotopic (exact) mass is 322 g/mol. The molecular formula is C19H18N2O3. The van der Waals surface area contributed by atoms with E-state index in [0.29, 0.717) is 24.4 Å². The van der Waals surface area contributed by atoms with Crippen molar-refractivity contribution < 1.29 is 9.53 Å². The van der Waals surface area contributed by atoms with E-state index in [1.54, 1.807) is 37.6 Å². The lowest BCUT2D eigenvalue weighted by molar-refractivity contribution is 0.0956. The normalized spacial score (nSPS) is 10.7. The number of hydrogen-bond donors (Lipinski definition) is 0. The van der Waals surface area contributed by atoms with Crippen LogP contribution < -0.4 is 5.69 Å². The van der Waals surface area contributed by atoms with E-state index in [4.69, 9.17) is 4.74 Å². The van der Waals surface area contributed by atoms with Crippen molar-refractivity contribution in [1.82, 2.24) is 9.13 Å². The van der Waals surface area contributed by atoms with Crippen molar-refractivity contribution in [3.8, 4) is 11.3 Å². The molecule has 24 heavy (non-hydrogen) atoms. The molecule has 0 radical (unpaired) electrons. The molecule has 0 bridgehead atoms. The van der Waals surface area contributed by atoms with Crippen LogP contribution in [0.4, 0.5) is 0 Å². The Hall–Kier alpha value is -2.92. The number of carbonyl (C=O) groups excluding carboxylic acids is 1. The van der Waals surface area contributed by atoms with Gasteiger partial charge in [-0.15, -0.1) is 0 Å². The third-order valence-electron chi connectivity index (χ3n) is 3.79. The molecule has 5 heteroatoms. The summed E-state index contributed by atoms with van der Waals surface area (Å²) in [5, 5.41) is 0. The van der Waals surface area contributed by atoms with Gasteiger partial charge >= 0.3 is 5.69 Å². The summed E-state index contributed by atoms with van der Waals surface area (Å²) in [6.07, 6.45) is 1.71. The largest absolute Gasteiger partial charge is 0.383 e. The first kappa shape index (κ1) is 16.0. The lowest BCUT2D eigenvalue weighted by Crippen LogP contribution is -2.30. The Morgan fingerprint density at radius 2 is 1.62 bits per heavy atom. The lowest BCUT2D eigenvalue weighted by atomic mass is 10.1. The summed E-state index contributed by atoms with van der Waals surface area (Å²) in [6, 6.07) is 18.2. The number of carbonyl (C=O) groups is 1. The Morgan fingerprint density at radius 1 is 1.00 bits per heavy atom. The van der Waals surface area contributed by atoms with Crippen LogP contribution in [0.15, 0.2) is 71.7 Å². The number of rotatable bonds is 5. The summed E-state index contributed by atoms with van der Waals surface area (Å²) in [5.41, 5.74) is 1.50. The third-order valence-corrected chi connectivity index (χ3v) is 3.79. The predicted molar refractivity (Wildman–Crippen MR) is 92.2 cm³/mol. The smallest absolute Gasteiger partial charge is 0.335 e. The molecule has 0 aliphatic heterocycles. The molecule has 5 nitrogen and oxygen atoms in total. The molecule has 2 aromatic carbocycles. The van der Waals surface area contributed by atoms with Crippen LogP contribution in [0.1, 0.15) is 10.4 Å². The van der Waals surface area contributed by atoms with E-state index in [2.05, 4.69) is 0 Å². The van der Waals surface area contributed by atoms with E-state index in [1.165, 1.54) is 9.13 Å². The van der Waals surface area contributed by atoms with Crippen molar-refractivity contribution in [2.75, 3.05) is 13.7 Å². The number of nitrogens with zero attached hydrogens (tertiary/aromatic N) is 2. The Bertz CT molecular complexity index is 880. The zero-order valence-corrected chi connectivity index (χ0v) is 13.4. The van der Waals surface area contributed by atoms with Crippen molar-refractivity contribution in [1.29, 1.82) is 0 Å². The van der Waals surface area contributed by atoms with Gasteiger partial charge in [0.05, 0.1) is 18.8 Å². The molecule has 0 saturated heterocycles. The molecule has 0 atom stereocenters. The van der Waals surface area contributed by atoms with Crippen LogP contribution >= 0.6 is 0 Å². The highest BCUT2D eigenvalue weighted by Gasteiger charge is 2.19. The third kappa shape index (κ3) is 3.07. The fraction of sp³-hybridized carbons (Fsp3) is 0.158. The molecule has 0 spiro atoms. The van der Waals surface area contributed by atoms with Crippen LogP contribution in [0.3, 0.4) is 0 Å². The van der Waals surface area contributed by atoms with Gasteiger partial charge in [-0.05, 0) is 12.1 Å². The van der Waals surface area contributed by atoms with Crippen molar-refractivity contribution in [2.24, 2.45) is 0 Å². The van der Waals surface area contributed by atoms with Gasteiger partial charge in [0.1, 0.15) is 0 Å². The van der Waals surface area contributed by atoms with Gasteiger partial charge < -0.3 is 4.74 Å². The SMILES string of the molecule is COCCn1cc(-c2ccccc2)n(C(=O)c2ccccc2)c1=O. The highest BCUT2D eigenvalue weighted by molar-refractivity contribution is 5.98. The molecule has 122 valence electrons. The van der Waals surface area contributed by atoms with Crippen LogP contribution in [-0.2, 0) is 11.3 Å². The Kier molecular flexibility index (Phi) is 4.72. The summed E-state index contributed by atoms with van der Waals surface area (Å²) >= 11 is 0. The van der Waals surface area contributed by atoms with Crippen LogP contribution in [0.2, 0.25) is 0 Å². The molecule has 1 aromatic heterocycles. The standard InChI is InChI=1S/C19H18N2O3/c1-24-13-12-20-14-17(15-8-4-2-5-9-15)21(19(20)23)18(22)16-10-6-3-7-11-16/h2-11,14H,12-13H2,1H3. The maximum Gasteiger partial charge on any atom is 0.335 e. The summed E-state index contributed by atoms with van der Waals surface area (Å²) < 4.78 is 7.78. The zero-order chi connectivity index (χ0) is 16.9. The topological polar surface area (TPSA) is 53.2 Å². The molecule has 0 unspecified atom stereocenters. The van der Waals surface area contributed by atoms with Crippen molar-refractivity contribution in [3.05, 3.63) is 82.9 Å². The molecule has 0 amide bonds. The number of aromatic nitrogens is 2. The van der Waals surface area contributed by atoms with Crippen molar-refractivity contribution >= 4 is 5.91 Å². The minimum Gasteiger partial charge on any atom is -0.383 e. The summed E-state index contributed by atoms with van der Waals surface area (Å²) in [6.45, 7) is 0.794. The van der Waals surface area contributed by atoms with Gasteiger partial charge in [0.2, 0.25) is 0 Å². The summed E-state index contributed by atoms with van der Waals surface area (Å²) in [5.74, 6) is -0.337. The van der Waals surface area contributed by atoms with Gasteiger partial charge in [-0.1, -0.05) is 48.5 Å². The molecule has 3 rings (SSSR count). The van der Waals surface area contributed by atoms with Gasteiger partial charge in [-0.3, -0.25) is 9.36 Å². The number of methoxy groups -OCH3 is 1. The fourth-order valence-corrected chi connectivity index (χ4v) is 2.56. The molecule has 0 N–H and O–H groups in total. The van der Waals surface area contributed by atoms with Crippen molar-refractivity contribution in [2.45, 2.75) is 6.54 Å². The molecular weight excluding hydrogens is 304 g/mol. The first-order valence-corrected chi connectivity index (χ1v) is 7.68. The first-order chi connectivity index (χ1) is 11.7. The van der Waals surface area contributed by atoms with Crippen LogP contribution in [0.25, 0.3) is 11.3 Å². The second kappa shape index (κ2) is 7.10. The fourth-order valence-electron chi connectivity index (χ4n) is 2.56. The summed E-state index contributed by atoms with van der Waals surface area (Å²) in [7, 11) is 1.58. The molecule has 3 aromatic rings. The molecule has 0 aliphatic rings. The van der Waals surface area contributed by atoms with Crippen LogP contribution in [0.5, 0.6) is 0 Å². The van der Waals surface area contributed by atoms with E-state index in [-0.39, 0.29) is 11.6 Å². The van der Waals surface area contributed by atoms with E-state index < -0.39 is 0 Å². The number of ether oxygens (including phenoxy) is 1. The Labute approximate surface area is 139 Å². The van der Waals surface area contributed by atoms with Crippen LogP contribution in [0, 0.1) is 0 Å². The molecule has 0 saturated carbocycles. The van der Waals surface area contributed by atoms with Crippen molar-refractivity contribution in [3.63, 3.8) is 0 Å². The number of benzene rings is 2. The average molecular weight is 322 g/mol. The number of hydrogen-bond acceptors (Lipinski definition) is 3. The maximum atomic E-state index is 12.9. The van der Waals surface area contributed by atoms with Gasteiger partial charge in [0.15, 0.2) is 0 Å². The zero-order valence-electron chi connectivity index (χ0n) is 13.4. The highest BCUT2D eigenvalue weighted by atomic mass is 16.5. The maximum absolute atomic E-state index is 12.9. The molecule has 1 heterocycles. The Balaban J connectivity index is 2.14. The summed E-state index contributed by atoms with van der Waals surface area (Å²) in [4.78, 5) is 25.6. The predicted octanol–water partition coefficient (Wildman–Crippen LogP) is 2.65. The van der Waals surface area contributed by atoms with E-state index in [1.807, 2.05) is 36.4 Å². The second-order valence-electron chi connectivity index (χ2n) is 5.36. The molecule has 0 fully saturated rings. The van der Waals surface area contributed by atoms with Crippen LogP contribution in [-0.4, -0.2) is 28.8 Å². The van der Waals surface area contributed by atoms with Gasteiger partial charge in [-0.25, -0.2) is 9.36 Å². The van der Waals surface area contributed by atoms with E-state index in [9.17, 15) is 9.59 Å². The Morgan fingerprint density at radius 3 is 2.25 bits per heavy atom. The average Bonchev–Trinajstić information content (AvgIpc) is 2.97. The van der Waals surface area contributed by atoms with Gasteiger partial charge in [0.25, 0.3) is 5.91 Å².